The van der Waals surface area contributed by atoms with Crippen LogP contribution in [0.5, 0.6) is 0 Å². The normalized spacial score (nSPS) is 14.4. The molecule has 0 aliphatic heterocycles. The molecule has 0 N–H and O–H groups in total. The van der Waals surface area contributed by atoms with Crippen molar-refractivity contribution in [3.05, 3.63) is 29.5 Å². The summed E-state index contributed by atoms with van der Waals surface area (Å²) in [5.74, 6) is -0.864. The summed E-state index contributed by atoms with van der Waals surface area (Å²) >= 11 is 0. The van der Waals surface area contributed by atoms with Crippen LogP contribution < -0.4 is 34.7 Å². The van der Waals surface area contributed by atoms with Gasteiger partial charge in [-0.1, -0.05) is 0 Å². The molecule has 1 aliphatic rings. The summed E-state index contributed by atoms with van der Waals surface area (Å²) in [5.41, 5.74) is 1.99. The van der Waals surface area contributed by atoms with Crippen molar-refractivity contribution in [1.82, 2.24) is 14.4 Å². The molecule has 2 heterocycles. The van der Waals surface area contributed by atoms with Crippen LogP contribution in [0.3, 0.4) is 0 Å². The standard InChI is InChI=1S/C12H13N3O3.Na/c1-18-5-8-4-9(7-2-3-7)14-11-10(12(16)17)13-6-15(8)11;/h4,6-7H,2-3,5H2,1H3,(H,16,17);/q;+1/p-1. The summed E-state index contributed by atoms with van der Waals surface area (Å²) in [6, 6.07) is 1.95. The van der Waals surface area contributed by atoms with Crippen molar-refractivity contribution in [2.24, 2.45) is 0 Å². The van der Waals surface area contributed by atoms with E-state index in [1.807, 2.05) is 6.07 Å². The Labute approximate surface area is 132 Å². The van der Waals surface area contributed by atoms with Crippen LogP contribution in [0.1, 0.15) is 40.6 Å². The van der Waals surface area contributed by atoms with E-state index >= 15 is 0 Å². The van der Waals surface area contributed by atoms with Gasteiger partial charge in [0, 0.05) is 18.7 Å². The van der Waals surface area contributed by atoms with E-state index in [9.17, 15) is 9.90 Å². The predicted molar refractivity (Wildman–Crippen MR) is 60.0 cm³/mol. The monoisotopic (exact) mass is 269 g/mol. The zero-order chi connectivity index (χ0) is 12.7. The number of carboxylic acids is 1. The fraction of sp³-hybridized carbons (Fsp3) is 0.417. The Hall–Kier alpha value is -0.950. The number of fused-ring (bicyclic) bond motifs is 1. The summed E-state index contributed by atoms with van der Waals surface area (Å²) < 4.78 is 6.76. The molecule has 0 atom stereocenters. The van der Waals surface area contributed by atoms with Gasteiger partial charge in [-0.05, 0) is 18.9 Å². The molecule has 7 heteroatoms. The van der Waals surface area contributed by atoms with Crippen molar-refractivity contribution < 1.29 is 44.2 Å². The zero-order valence-corrected chi connectivity index (χ0v) is 12.9. The number of imidazole rings is 1. The van der Waals surface area contributed by atoms with Crippen LogP contribution in [0, 0.1) is 0 Å². The molecule has 2 aromatic rings. The van der Waals surface area contributed by atoms with Gasteiger partial charge in [0.1, 0.15) is 12.0 Å². The molecule has 1 saturated carbocycles. The zero-order valence-electron chi connectivity index (χ0n) is 10.9. The van der Waals surface area contributed by atoms with Crippen LogP contribution in [0.25, 0.3) is 5.65 Å². The van der Waals surface area contributed by atoms with Crippen molar-refractivity contribution in [3.63, 3.8) is 0 Å². The summed E-state index contributed by atoms with van der Waals surface area (Å²) in [4.78, 5) is 19.2. The summed E-state index contributed by atoms with van der Waals surface area (Å²) in [6.45, 7) is 0.390. The predicted octanol–water partition coefficient (Wildman–Crippen LogP) is -2.88. The molecule has 0 radical (unpaired) electrons. The van der Waals surface area contributed by atoms with E-state index in [-0.39, 0.29) is 35.3 Å². The second-order valence-electron chi connectivity index (χ2n) is 4.45. The van der Waals surface area contributed by atoms with Crippen molar-refractivity contribution in [3.8, 4) is 0 Å². The number of aromatic carboxylic acids is 1. The number of rotatable bonds is 4. The van der Waals surface area contributed by atoms with Gasteiger partial charge in [0.05, 0.1) is 18.3 Å². The van der Waals surface area contributed by atoms with Crippen LogP contribution in [0.15, 0.2) is 12.4 Å². The average Bonchev–Trinajstić information content (AvgIpc) is 3.09. The second-order valence-corrected chi connectivity index (χ2v) is 4.45. The molecule has 0 amide bonds. The van der Waals surface area contributed by atoms with Gasteiger partial charge >= 0.3 is 29.6 Å². The molecule has 6 nitrogen and oxygen atoms in total. The van der Waals surface area contributed by atoms with E-state index < -0.39 is 5.97 Å². The Kier molecular flexibility index (Phi) is 4.25. The maximum Gasteiger partial charge on any atom is 1.00 e. The van der Waals surface area contributed by atoms with E-state index in [2.05, 4.69) is 9.97 Å². The minimum Gasteiger partial charge on any atom is -0.543 e. The number of methoxy groups -OCH3 is 1. The molecular formula is C12H12N3NaO3. The molecule has 0 unspecified atom stereocenters. The summed E-state index contributed by atoms with van der Waals surface area (Å²) in [7, 11) is 1.60. The average molecular weight is 269 g/mol. The van der Waals surface area contributed by atoms with Crippen LogP contribution >= 0.6 is 0 Å². The Bertz CT molecular complexity index is 622. The van der Waals surface area contributed by atoms with Crippen molar-refractivity contribution in [1.29, 1.82) is 0 Å². The minimum atomic E-state index is -1.30. The third-order valence-corrected chi connectivity index (χ3v) is 3.08. The topological polar surface area (TPSA) is 79.5 Å². The summed E-state index contributed by atoms with van der Waals surface area (Å²) in [6.07, 6.45) is 3.65. The number of nitrogens with zero attached hydrogens (tertiary/aromatic N) is 3. The van der Waals surface area contributed by atoms with Gasteiger partial charge in [0.2, 0.25) is 0 Å². The largest absolute Gasteiger partial charge is 1.00 e. The van der Waals surface area contributed by atoms with E-state index in [0.29, 0.717) is 18.2 Å². The van der Waals surface area contributed by atoms with Gasteiger partial charge < -0.3 is 14.6 Å². The number of aromatic nitrogens is 3. The van der Waals surface area contributed by atoms with Crippen LogP contribution in [0.2, 0.25) is 0 Å². The molecule has 0 saturated heterocycles. The molecule has 0 spiro atoms. The SMILES string of the molecule is COCc1cc(C2CC2)nc2c(C(=O)[O-])ncn12.[Na+]. The smallest absolute Gasteiger partial charge is 0.543 e. The van der Waals surface area contributed by atoms with Gasteiger partial charge in [0.15, 0.2) is 5.65 Å². The van der Waals surface area contributed by atoms with Crippen molar-refractivity contribution >= 4 is 11.6 Å². The molecule has 0 bridgehead atoms. The number of carboxylic acid groups (broad SMARTS) is 1. The maximum absolute atomic E-state index is 11.0. The fourth-order valence-corrected chi connectivity index (χ4v) is 2.05. The van der Waals surface area contributed by atoms with Crippen LogP contribution in [-0.4, -0.2) is 27.4 Å². The quantitative estimate of drug-likeness (QED) is 0.557. The molecule has 0 aromatic carbocycles. The Balaban J connectivity index is 0.00000133. The molecular weight excluding hydrogens is 257 g/mol. The number of carbonyl (C=O) groups excluding carboxylic acids is 1. The van der Waals surface area contributed by atoms with Crippen LogP contribution in [0.4, 0.5) is 0 Å². The van der Waals surface area contributed by atoms with Gasteiger partial charge in [-0.15, -0.1) is 0 Å². The fourth-order valence-electron chi connectivity index (χ4n) is 2.05. The van der Waals surface area contributed by atoms with E-state index in [0.717, 1.165) is 24.2 Å². The van der Waals surface area contributed by atoms with Gasteiger partial charge in [-0.3, -0.25) is 4.40 Å². The Morgan fingerprint density at radius 2 is 2.32 bits per heavy atom. The molecule has 2 aromatic heterocycles. The third-order valence-electron chi connectivity index (χ3n) is 3.08. The molecule has 3 rings (SSSR count). The minimum absolute atomic E-state index is 0. The van der Waals surface area contributed by atoms with Crippen molar-refractivity contribution in [2.45, 2.75) is 25.4 Å². The first kappa shape index (κ1) is 14.5. The first-order valence-corrected chi connectivity index (χ1v) is 5.78. The van der Waals surface area contributed by atoms with Gasteiger partial charge in [-0.2, -0.15) is 0 Å². The third kappa shape index (κ3) is 2.67. The Morgan fingerprint density at radius 1 is 1.58 bits per heavy atom. The van der Waals surface area contributed by atoms with Crippen molar-refractivity contribution in [2.75, 3.05) is 7.11 Å². The first-order valence-electron chi connectivity index (χ1n) is 5.78. The number of hydrogen-bond acceptors (Lipinski definition) is 5. The maximum atomic E-state index is 11.0. The van der Waals surface area contributed by atoms with E-state index in [1.54, 1.807) is 11.5 Å². The van der Waals surface area contributed by atoms with Crippen LogP contribution in [-0.2, 0) is 11.3 Å². The van der Waals surface area contributed by atoms with E-state index in [4.69, 9.17) is 4.74 Å². The molecule has 1 aliphatic carbocycles. The number of ether oxygens (including phenoxy) is 1. The molecule has 1 fully saturated rings. The molecule has 19 heavy (non-hydrogen) atoms. The number of carbonyl (C=O) groups is 1. The van der Waals surface area contributed by atoms with Gasteiger partial charge in [0.25, 0.3) is 0 Å². The Morgan fingerprint density at radius 3 is 2.89 bits per heavy atom. The first-order chi connectivity index (χ1) is 8.70. The number of hydrogen-bond donors (Lipinski definition) is 0. The second kappa shape index (κ2) is 5.58. The molecule has 94 valence electrons. The van der Waals surface area contributed by atoms with Gasteiger partial charge in [-0.25, -0.2) is 9.97 Å². The van der Waals surface area contributed by atoms with E-state index in [1.165, 1.54) is 6.33 Å². The summed E-state index contributed by atoms with van der Waals surface area (Å²) in [5, 5.41) is 11.0.